The SMILES string of the molecule is CCN(C(=O)C1CCNC1)c1ccc(N)c(C(=N)c2ccc(OC(C)C)cc2)c1. The van der Waals surface area contributed by atoms with E-state index in [0.29, 0.717) is 23.5 Å². The number of carbonyl (C=O) groups is 1. The summed E-state index contributed by atoms with van der Waals surface area (Å²) in [5.74, 6) is 0.894. The Balaban J connectivity index is 1.85. The van der Waals surface area contributed by atoms with E-state index < -0.39 is 0 Å². The molecule has 2 aromatic carbocycles. The number of hydrogen-bond acceptors (Lipinski definition) is 5. The van der Waals surface area contributed by atoms with E-state index in [0.717, 1.165) is 36.5 Å². The molecule has 6 nitrogen and oxygen atoms in total. The topological polar surface area (TPSA) is 91.4 Å². The van der Waals surface area contributed by atoms with Crippen molar-refractivity contribution in [3.63, 3.8) is 0 Å². The van der Waals surface area contributed by atoms with Gasteiger partial charge < -0.3 is 20.7 Å². The van der Waals surface area contributed by atoms with Crippen LogP contribution in [0, 0.1) is 11.3 Å². The zero-order valence-electron chi connectivity index (χ0n) is 17.4. The standard InChI is InChI=1S/C23H30N4O2/c1-4-27(23(28)17-11-12-26-14-17)18-7-10-21(24)20(13-18)22(25)16-5-8-19(9-6-16)29-15(2)3/h5-10,13,15,17,25-26H,4,11-12,14,24H2,1-3H3. The predicted octanol–water partition coefficient (Wildman–Crippen LogP) is 3.43. The van der Waals surface area contributed by atoms with Crippen molar-refractivity contribution >= 4 is 23.0 Å². The number of benzene rings is 2. The third-order valence-electron chi connectivity index (χ3n) is 5.12. The maximum absolute atomic E-state index is 12.9. The molecule has 1 unspecified atom stereocenters. The molecule has 1 aliphatic heterocycles. The molecule has 3 rings (SSSR count). The summed E-state index contributed by atoms with van der Waals surface area (Å²) in [5.41, 5.74) is 9.18. The molecule has 154 valence electrons. The Morgan fingerprint density at radius 1 is 1.28 bits per heavy atom. The lowest BCUT2D eigenvalue weighted by Crippen LogP contribution is -2.37. The van der Waals surface area contributed by atoms with Gasteiger partial charge >= 0.3 is 0 Å². The zero-order valence-corrected chi connectivity index (χ0v) is 17.4. The van der Waals surface area contributed by atoms with Crippen molar-refractivity contribution in [3.8, 4) is 5.75 Å². The molecule has 1 fully saturated rings. The number of ether oxygens (including phenoxy) is 1. The van der Waals surface area contributed by atoms with Crippen LogP contribution < -0.4 is 20.7 Å². The van der Waals surface area contributed by atoms with Crippen LogP contribution in [0.1, 0.15) is 38.3 Å². The molecule has 29 heavy (non-hydrogen) atoms. The Hall–Kier alpha value is -2.86. The summed E-state index contributed by atoms with van der Waals surface area (Å²) >= 11 is 0. The number of carbonyl (C=O) groups excluding carboxylic acids is 1. The number of nitrogens with zero attached hydrogens (tertiary/aromatic N) is 1. The first-order valence-corrected chi connectivity index (χ1v) is 10.2. The summed E-state index contributed by atoms with van der Waals surface area (Å²) in [6, 6.07) is 12.9. The summed E-state index contributed by atoms with van der Waals surface area (Å²) in [5, 5.41) is 11.9. The Bertz CT molecular complexity index is 871. The van der Waals surface area contributed by atoms with Crippen LogP contribution in [0.15, 0.2) is 42.5 Å². The van der Waals surface area contributed by atoms with E-state index in [2.05, 4.69) is 5.32 Å². The lowest BCUT2D eigenvalue weighted by Gasteiger charge is -2.25. The van der Waals surface area contributed by atoms with Gasteiger partial charge in [-0.2, -0.15) is 0 Å². The fourth-order valence-electron chi connectivity index (χ4n) is 3.61. The van der Waals surface area contributed by atoms with Gasteiger partial charge in [0.25, 0.3) is 0 Å². The van der Waals surface area contributed by atoms with E-state index in [4.69, 9.17) is 15.9 Å². The van der Waals surface area contributed by atoms with E-state index in [-0.39, 0.29) is 17.9 Å². The number of nitrogens with one attached hydrogen (secondary N) is 2. The van der Waals surface area contributed by atoms with Crippen molar-refractivity contribution in [1.82, 2.24) is 5.32 Å². The van der Waals surface area contributed by atoms with Gasteiger partial charge in [-0.25, -0.2) is 0 Å². The van der Waals surface area contributed by atoms with Crippen LogP contribution >= 0.6 is 0 Å². The fourth-order valence-corrected chi connectivity index (χ4v) is 3.61. The molecule has 0 saturated carbocycles. The molecule has 1 amide bonds. The number of nitrogens with two attached hydrogens (primary N) is 1. The highest BCUT2D eigenvalue weighted by molar-refractivity contribution is 6.14. The Morgan fingerprint density at radius 2 is 2.00 bits per heavy atom. The monoisotopic (exact) mass is 394 g/mol. The molecule has 1 saturated heterocycles. The minimum atomic E-state index is 0.00362. The maximum Gasteiger partial charge on any atom is 0.231 e. The summed E-state index contributed by atoms with van der Waals surface area (Å²) < 4.78 is 5.67. The van der Waals surface area contributed by atoms with Crippen molar-refractivity contribution in [1.29, 1.82) is 5.41 Å². The second-order valence-corrected chi connectivity index (χ2v) is 7.61. The molecular formula is C23H30N4O2. The van der Waals surface area contributed by atoms with Crippen LogP contribution in [-0.2, 0) is 4.79 Å². The first-order chi connectivity index (χ1) is 13.9. The number of rotatable bonds is 7. The van der Waals surface area contributed by atoms with E-state index in [1.54, 1.807) is 11.0 Å². The fraction of sp³-hybridized carbons (Fsp3) is 0.391. The Morgan fingerprint density at radius 3 is 2.59 bits per heavy atom. The third kappa shape index (κ3) is 4.77. The smallest absolute Gasteiger partial charge is 0.231 e. The first-order valence-electron chi connectivity index (χ1n) is 10.2. The molecule has 0 bridgehead atoms. The molecule has 0 spiro atoms. The molecular weight excluding hydrogens is 364 g/mol. The number of anilines is 2. The van der Waals surface area contributed by atoms with Crippen LogP contribution in [0.25, 0.3) is 0 Å². The lowest BCUT2D eigenvalue weighted by atomic mass is 9.99. The van der Waals surface area contributed by atoms with Crippen molar-refractivity contribution in [3.05, 3.63) is 53.6 Å². The number of nitrogen functional groups attached to an aromatic ring is 1. The molecule has 4 N–H and O–H groups in total. The average molecular weight is 395 g/mol. The van der Waals surface area contributed by atoms with Crippen LogP contribution in [0.2, 0.25) is 0 Å². The van der Waals surface area contributed by atoms with Crippen LogP contribution in [0.4, 0.5) is 11.4 Å². The minimum absolute atomic E-state index is 0.00362. The molecule has 0 aromatic heterocycles. The average Bonchev–Trinajstić information content (AvgIpc) is 3.24. The molecule has 2 aromatic rings. The zero-order chi connectivity index (χ0) is 21.0. The lowest BCUT2D eigenvalue weighted by molar-refractivity contribution is -0.121. The van der Waals surface area contributed by atoms with E-state index >= 15 is 0 Å². The van der Waals surface area contributed by atoms with Crippen LogP contribution in [-0.4, -0.2) is 37.4 Å². The minimum Gasteiger partial charge on any atom is -0.491 e. The highest BCUT2D eigenvalue weighted by Crippen LogP contribution is 2.26. The molecule has 1 atom stereocenters. The highest BCUT2D eigenvalue weighted by atomic mass is 16.5. The summed E-state index contributed by atoms with van der Waals surface area (Å²) in [4.78, 5) is 14.7. The third-order valence-corrected chi connectivity index (χ3v) is 5.12. The van der Waals surface area contributed by atoms with Crippen molar-refractivity contribution in [2.24, 2.45) is 5.92 Å². The van der Waals surface area contributed by atoms with Crippen LogP contribution in [0.5, 0.6) is 5.75 Å². The van der Waals surface area contributed by atoms with Gasteiger partial charge in [-0.05, 0) is 76.2 Å². The normalized spacial score (nSPS) is 16.1. The molecule has 1 heterocycles. The second-order valence-electron chi connectivity index (χ2n) is 7.61. The van der Waals surface area contributed by atoms with Gasteiger partial charge in [0, 0.05) is 35.6 Å². The molecule has 0 radical (unpaired) electrons. The van der Waals surface area contributed by atoms with Crippen molar-refractivity contribution in [2.45, 2.75) is 33.3 Å². The van der Waals surface area contributed by atoms with Crippen molar-refractivity contribution < 1.29 is 9.53 Å². The second kappa shape index (κ2) is 9.09. The number of hydrogen-bond donors (Lipinski definition) is 3. The molecule has 1 aliphatic rings. The van der Waals surface area contributed by atoms with Crippen molar-refractivity contribution in [2.75, 3.05) is 30.3 Å². The van der Waals surface area contributed by atoms with Gasteiger partial charge in [-0.1, -0.05) is 0 Å². The van der Waals surface area contributed by atoms with Gasteiger partial charge in [-0.3, -0.25) is 10.2 Å². The van der Waals surface area contributed by atoms with Gasteiger partial charge in [-0.15, -0.1) is 0 Å². The van der Waals surface area contributed by atoms with E-state index in [9.17, 15) is 4.79 Å². The van der Waals surface area contributed by atoms with Gasteiger partial charge in [0.2, 0.25) is 5.91 Å². The summed E-state index contributed by atoms with van der Waals surface area (Å²) in [6.07, 6.45) is 0.956. The summed E-state index contributed by atoms with van der Waals surface area (Å²) in [7, 11) is 0. The van der Waals surface area contributed by atoms with Gasteiger partial charge in [0.05, 0.1) is 17.7 Å². The quantitative estimate of drug-likeness (QED) is 0.496. The number of amides is 1. The maximum atomic E-state index is 12.9. The molecule has 6 heteroatoms. The van der Waals surface area contributed by atoms with Crippen LogP contribution in [0.3, 0.4) is 0 Å². The highest BCUT2D eigenvalue weighted by Gasteiger charge is 2.27. The Labute approximate surface area is 172 Å². The van der Waals surface area contributed by atoms with Gasteiger partial charge in [0.1, 0.15) is 5.75 Å². The summed E-state index contributed by atoms with van der Waals surface area (Å²) in [6.45, 7) is 8.09. The van der Waals surface area contributed by atoms with E-state index in [1.165, 1.54) is 0 Å². The van der Waals surface area contributed by atoms with E-state index in [1.807, 2.05) is 57.2 Å². The predicted molar refractivity (Wildman–Crippen MR) is 118 cm³/mol. The molecule has 0 aliphatic carbocycles. The first kappa shape index (κ1) is 20.9. The van der Waals surface area contributed by atoms with Gasteiger partial charge in [0.15, 0.2) is 0 Å². The largest absolute Gasteiger partial charge is 0.491 e. The Kier molecular flexibility index (Phi) is 6.54.